The van der Waals surface area contributed by atoms with Crippen molar-refractivity contribution < 1.29 is 33.4 Å². The number of carbonyl (C=O) groups is 5. The molecule has 5 amide bonds. The number of nitrogens with zero attached hydrogens (tertiary/aromatic N) is 1. The Balaban J connectivity index is 2.05. The van der Waals surface area contributed by atoms with Crippen LogP contribution in [0.5, 0.6) is 0 Å². The number of ether oxygens (including phenoxy) is 2. The van der Waals surface area contributed by atoms with Gasteiger partial charge in [0.25, 0.3) is 0 Å². The van der Waals surface area contributed by atoms with E-state index in [1.54, 1.807) is 11.8 Å². The number of carbonyl (C=O) groups excluding carboxylic acids is 5. The van der Waals surface area contributed by atoms with Crippen LogP contribution >= 0.6 is 11.8 Å². The van der Waals surface area contributed by atoms with Crippen LogP contribution in [0.25, 0.3) is 0 Å². The average Bonchev–Trinajstić information content (AvgIpc) is 3.14. The summed E-state index contributed by atoms with van der Waals surface area (Å²) < 4.78 is 10.7. The number of nitrogens with one attached hydrogen (secondary N) is 3. The average molecular weight is 572 g/mol. The Bertz CT molecular complexity index is 803. The number of hydrogen-bond acceptors (Lipinski definition) is 9. The number of amides is 5. The topological polar surface area (TPSA) is 169 Å². The highest BCUT2D eigenvalue weighted by Crippen LogP contribution is 2.36. The Morgan fingerprint density at radius 1 is 0.974 bits per heavy atom. The van der Waals surface area contributed by atoms with E-state index in [1.807, 2.05) is 0 Å². The summed E-state index contributed by atoms with van der Waals surface area (Å²) in [5.74, 6) is -0.983. The third-order valence-electron chi connectivity index (χ3n) is 5.91. The summed E-state index contributed by atoms with van der Waals surface area (Å²) in [6, 6.07) is 0. The van der Waals surface area contributed by atoms with Crippen LogP contribution < -0.4 is 21.7 Å². The zero-order valence-electron chi connectivity index (χ0n) is 23.7. The molecule has 39 heavy (non-hydrogen) atoms. The Hall–Kier alpha value is -2.16. The fourth-order valence-corrected chi connectivity index (χ4v) is 5.28. The van der Waals surface area contributed by atoms with Crippen molar-refractivity contribution in [2.75, 3.05) is 59.2 Å². The van der Waals surface area contributed by atoms with E-state index >= 15 is 0 Å². The SMILES string of the molecule is BC(C)(CCCC)SC1CC(=O)N(CCC(=O)NCCOCCOCCC(=O)NCCNC(=O)CCN)C1=O. The Labute approximate surface area is 237 Å². The number of unbranched alkanes of at least 4 members (excludes halogenated alkanes) is 1. The lowest BCUT2D eigenvalue weighted by Gasteiger charge is -2.26. The lowest BCUT2D eigenvalue weighted by molar-refractivity contribution is -0.138. The van der Waals surface area contributed by atoms with E-state index in [1.165, 1.54) is 4.90 Å². The van der Waals surface area contributed by atoms with Crippen LogP contribution in [-0.4, -0.2) is 111 Å². The molecular formula is C25H46BN5O7S. The van der Waals surface area contributed by atoms with Gasteiger partial charge in [-0.2, -0.15) is 11.8 Å². The van der Waals surface area contributed by atoms with E-state index in [2.05, 4.69) is 37.6 Å². The van der Waals surface area contributed by atoms with Gasteiger partial charge in [-0.3, -0.25) is 28.9 Å². The summed E-state index contributed by atoms with van der Waals surface area (Å²) in [5.41, 5.74) is 5.28. The highest BCUT2D eigenvalue weighted by Gasteiger charge is 2.41. The molecule has 1 aliphatic rings. The lowest BCUT2D eigenvalue weighted by Crippen LogP contribution is -2.37. The first-order valence-electron chi connectivity index (χ1n) is 13.8. The quantitative estimate of drug-likeness (QED) is 0.0716. The van der Waals surface area contributed by atoms with Gasteiger partial charge < -0.3 is 31.2 Å². The summed E-state index contributed by atoms with van der Waals surface area (Å²) in [7, 11) is 2.10. The van der Waals surface area contributed by atoms with E-state index < -0.39 is 0 Å². The number of likely N-dealkylation sites (tertiary alicyclic amines) is 1. The maximum Gasteiger partial charge on any atom is 0.242 e. The van der Waals surface area contributed by atoms with E-state index in [-0.39, 0.29) is 84.8 Å². The molecule has 0 aromatic carbocycles. The van der Waals surface area contributed by atoms with Crippen molar-refractivity contribution in [1.29, 1.82) is 0 Å². The summed E-state index contributed by atoms with van der Waals surface area (Å²) in [6.45, 7) is 6.75. The largest absolute Gasteiger partial charge is 0.379 e. The summed E-state index contributed by atoms with van der Waals surface area (Å²) in [5, 5.41) is 7.67. The van der Waals surface area contributed by atoms with E-state index in [9.17, 15) is 24.0 Å². The normalized spacial score (nSPS) is 16.7. The molecule has 0 spiro atoms. The van der Waals surface area contributed by atoms with Gasteiger partial charge in [0.2, 0.25) is 29.5 Å². The van der Waals surface area contributed by atoms with Gasteiger partial charge in [-0.25, -0.2) is 0 Å². The molecule has 0 bridgehead atoms. The molecule has 2 atom stereocenters. The first-order chi connectivity index (χ1) is 18.6. The second-order valence-corrected chi connectivity index (χ2v) is 11.8. The minimum Gasteiger partial charge on any atom is -0.379 e. The molecule has 1 fully saturated rings. The molecule has 0 saturated carbocycles. The minimum absolute atomic E-state index is 0.0549. The molecule has 1 rings (SSSR count). The Morgan fingerprint density at radius 2 is 1.56 bits per heavy atom. The highest BCUT2D eigenvalue weighted by molar-refractivity contribution is 8.03. The molecule has 0 aromatic rings. The number of rotatable bonds is 22. The number of nitrogens with two attached hydrogens (primary N) is 1. The van der Waals surface area contributed by atoms with Crippen LogP contribution in [0, 0.1) is 0 Å². The fraction of sp³-hybridized carbons (Fsp3) is 0.800. The van der Waals surface area contributed by atoms with Gasteiger partial charge in [-0.1, -0.05) is 26.7 Å². The second-order valence-electron chi connectivity index (χ2n) is 9.87. The highest BCUT2D eigenvalue weighted by atomic mass is 32.2. The summed E-state index contributed by atoms with van der Waals surface area (Å²) in [6.07, 6.45) is 3.86. The molecule has 1 heterocycles. The maximum absolute atomic E-state index is 12.7. The third-order valence-corrected chi connectivity index (χ3v) is 7.41. The summed E-state index contributed by atoms with van der Waals surface area (Å²) in [4.78, 5) is 61.3. The van der Waals surface area contributed by atoms with E-state index in [0.717, 1.165) is 19.3 Å². The molecule has 0 aromatic heterocycles. The molecule has 0 aliphatic carbocycles. The van der Waals surface area contributed by atoms with Crippen LogP contribution in [-0.2, 0) is 33.4 Å². The van der Waals surface area contributed by atoms with Crippen molar-refractivity contribution in [3.63, 3.8) is 0 Å². The van der Waals surface area contributed by atoms with Crippen molar-refractivity contribution in [3.05, 3.63) is 0 Å². The zero-order chi connectivity index (χ0) is 29.1. The Kier molecular flexibility index (Phi) is 17.7. The third kappa shape index (κ3) is 15.9. The monoisotopic (exact) mass is 571 g/mol. The van der Waals surface area contributed by atoms with Crippen molar-refractivity contribution in [3.8, 4) is 0 Å². The van der Waals surface area contributed by atoms with Gasteiger partial charge in [-0.15, -0.1) is 0 Å². The number of hydrogen-bond donors (Lipinski definition) is 4. The van der Waals surface area contributed by atoms with Gasteiger partial charge in [-0.05, 0) is 11.1 Å². The molecule has 12 nitrogen and oxygen atoms in total. The predicted molar refractivity (Wildman–Crippen MR) is 153 cm³/mol. The molecular weight excluding hydrogens is 525 g/mol. The van der Waals surface area contributed by atoms with Crippen LogP contribution in [0.1, 0.15) is 58.8 Å². The molecule has 222 valence electrons. The van der Waals surface area contributed by atoms with E-state index in [0.29, 0.717) is 39.5 Å². The standard InChI is InChI=1S/C25H46BN5O7S/c1-3-4-8-25(2,26)39-19-18-23(35)31(24(19)36)13-6-21(33)30-12-15-38-17-16-37-14-7-22(34)29-11-10-28-20(32)5-9-27/h19H,3-18,26-27H2,1-2H3,(H,28,32)(H,29,34)(H,30,33). The van der Waals surface area contributed by atoms with Crippen molar-refractivity contribution in [1.82, 2.24) is 20.9 Å². The van der Waals surface area contributed by atoms with Crippen molar-refractivity contribution in [2.24, 2.45) is 5.73 Å². The van der Waals surface area contributed by atoms with E-state index in [4.69, 9.17) is 15.2 Å². The molecule has 5 N–H and O–H groups in total. The fourth-order valence-electron chi connectivity index (χ4n) is 3.79. The molecule has 1 aliphatic heterocycles. The van der Waals surface area contributed by atoms with Gasteiger partial charge in [0.15, 0.2) is 0 Å². The summed E-state index contributed by atoms with van der Waals surface area (Å²) >= 11 is 1.56. The van der Waals surface area contributed by atoms with Crippen LogP contribution in [0.2, 0.25) is 0 Å². The minimum atomic E-state index is -0.377. The van der Waals surface area contributed by atoms with Gasteiger partial charge in [0.1, 0.15) is 7.85 Å². The Morgan fingerprint density at radius 3 is 2.21 bits per heavy atom. The molecule has 14 heteroatoms. The molecule has 0 radical (unpaired) electrons. The van der Waals surface area contributed by atoms with Crippen LogP contribution in [0.4, 0.5) is 0 Å². The number of imide groups is 1. The van der Waals surface area contributed by atoms with Crippen molar-refractivity contribution in [2.45, 2.75) is 68.7 Å². The van der Waals surface area contributed by atoms with Crippen LogP contribution in [0.15, 0.2) is 0 Å². The molecule has 1 saturated heterocycles. The van der Waals surface area contributed by atoms with Crippen molar-refractivity contribution >= 4 is 49.1 Å². The zero-order valence-corrected chi connectivity index (χ0v) is 24.5. The first kappa shape index (κ1) is 34.9. The second kappa shape index (κ2) is 19.8. The molecule has 2 unspecified atom stereocenters. The van der Waals surface area contributed by atoms with Gasteiger partial charge in [0.05, 0.1) is 31.7 Å². The lowest BCUT2D eigenvalue weighted by atomic mass is 9.84. The number of thioether (sulfide) groups is 1. The van der Waals surface area contributed by atoms with Crippen LogP contribution in [0.3, 0.4) is 0 Å². The van der Waals surface area contributed by atoms with Gasteiger partial charge >= 0.3 is 0 Å². The first-order valence-corrected chi connectivity index (χ1v) is 14.6. The maximum atomic E-state index is 12.7. The van der Waals surface area contributed by atoms with Gasteiger partial charge in [0, 0.05) is 58.4 Å². The smallest absolute Gasteiger partial charge is 0.242 e. The predicted octanol–water partition coefficient (Wildman–Crippen LogP) is -1.10.